The van der Waals surface area contributed by atoms with E-state index in [1.165, 1.54) is 4.68 Å². The van der Waals surface area contributed by atoms with Gasteiger partial charge in [-0.05, 0) is 77.3 Å². The number of amides is 3. The number of rotatable bonds is 20. The van der Waals surface area contributed by atoms with Crippen molar-refractivity contribution in [1.82, 2.24) is 25.6 Å². The Labute approximate surface area is 334 Å². The van der Waals surface area contributed by atoms with Crippen LogP contribution in [0.4, 0.5) is 5.69 Å². The predicted molar refractivity (Wildman–Crippen MR) is 221 cm³/mol. The van der Waals surface area contributed by atoms with Crippen molar-refractivity contribution in [2.24, 2.45) is 17.3 Å². The molecule has 1 aliphatic rings. The van der Waals surface area contributed by atoms with Crippen LogP contribution in [-0.4, -0.2) is 75.3 Å². The molecular weight excluding hydrogens is 709 g/mol. The van der Waals surface area contributed by atoms with E-state index in [0.29, 0.717) is 60.5 Å². The summed E-state index contributed by atoms with van der Waals surface area (Å²) in [7, 11) is 0. The molecule has 0 saturated carbocycles. The van der Waals surface area contributed by atoms with Gasteiger partial charge in [-0.3, -0.25) is 14.4 Å². The Hall–Kier alpha value is -4.13. The van der Waals surface area contributed by atoms with E-state index in [4.69, 9.17) is 9.47 Å². The van der Waals surface area contributed by atoms with Crippen molar-refractivity contribution in [2.45, 2.75) is 138 Å². The minimum atomic E-state index is -1.06. The molecule has 56 heavy (non-hydrogen) atoms. The maximum atomic E-state index is 13.9. The summed E-state index contributed by atoms with van der Waals surface area (Å²) in [6.45, 7) is 21.6. The number of nitrogens with one attached hydrogen (secondary N) is 2. The summed E-state index contributed by atoms with van der Waals surface area (Å²) in [5, 5.41) is 26.1. The fraction of sp³-hybridized carbons (Fsp3) is 0.614. The molecule has 308 valence electrons. The van der Waals surface area contributed by atoms with Crippen LogP contribution >= 0.6 is 0 Å². The zero-order valence-electron chi connectivity index (χ0n) is 35.4. The van der Waals surface area contributed by atoms with Crippen molar-refractivity contribution in [3.63, 3.8) is 0 Å². The lowest BCUT2D eigenvalue weighted by Crippen LogP contribution is -2.43. The highest BCUT2D eigenvalue weighted by Gasteiger charge is 2.32. The molecule has 12 nitrogen and oxygen atoms in total. The number of para-hydroxylation sites is 1. The number of anilines is 1. The minimum absolute atomic E-state index is 0.0132. The fourth-order valence-corrected chi connectivity index (χ4v) is 6.95. The summed E-state index contributed by atoms with van der Waals surface area (Å²) in [4.78, 5) is 41.8. The number of carbonyl (C=O) groups is 3. The van der Waals surface area contributed by atoms with E-state index < -0.39 is 17.2 Å². The summed E-state index contributed by atoms with van der Waals surface area (Å²) >= 11 is 0. The molecule has 0 saturated heterocycles. The van der Waals surface area contributed by atoms with E-state index in [-0.39, 0.29) is 55.9 Å². The molecule has 4 rings (SSSR count). The largest absolute Gasteiger partial charge is 0.375 e. The van der Waals surface area contributed by atoms with Gasteiger partial charge in [-0.1, -0.05) is 88.7 Å². The molecular formula is C44H66N6O6. The number of benzene rings is 2. The molecule has 3 aromatic rings. The van der Waals surface area contributed by atoms with Crippen LogP contribution in [0.2, 0.25) is 0 Å². The first kappa shape index (κ1) is 44.6. The Morgan fingerprint density at radius 1 is 0.911 bits per heavy atom. The van der Waals surface area contributed by atoms with Crippen molar-refractivity contribution in [1.29, 1.82) is 0 Å². The van der Waals surface area contributed by atoms with Crippen LogP contribution in [0.25, 0.3) is 22.5 Å². The van der Waals surface area contributed by atoms with E-state index >= 15 is 0 Å². The molecule has 2 aromatic carbocycles. The highest BCUT2D eigenvalue weighted by molar-refractivity contribution is 6.01. The van der Waals surface area contributed by atoms with Crippen LogP contribution < -0.4 is 15.5 Å². The average molecular weight is 775 g/mol. The SMILES string of the molecule is CCC(C)C(C)CC(C)NC(=O)C(C)(C)CCOC(C)(C)CCNC(=O)CCC(=O)N1Cc2ccccc2-c2c(nnn2C(O)COC(C)C)-c2ccccc21. The Morgan fingerprint density at radius 2 is 1.59 bits per heavy atom. The summed E-state index contributed by atoms with van der Waals surface area (Å²) in [6.07, 6.45) is 2.14. The summed E-state index contributed by atoms with van der Waals surface area (Å²) in [6, 6.07) is 15.3. The van der Waals surface area contributed by atoms with Gasteiger partial charge in [0.1, 0.15) is 11.4 Å². The van der Waals surface area contributed by atoms with Crippen LogP contribution in [0.15, 0.2) is 48.5 Å². The van der Waals surface area contributed by atoms with Crippen LogP contribution in [0.5, 0.6) is 0 Å². The van der Waals surface area contributed by atoms with Gasteiger partial charge in [0, 0.05) is 48.6 Å². The van der Waals surface area contributed by atoms with E-state index in [1.54, 1.807) is 4.90 Å². The van der Waals surface area contributed by atoms with Gasteiger partial charge in [0.15, 0.2) is 6.23 Å². The number of hydrogen-bond donors (Lipinski definition) is 3. The number of nitrogens with zero attached hydrogens (tertiary/aromatic N) is 4. The quantitative estimate of drug-likeness (QED) is 0.107. The zero-order valence-corrected chi connectivity index (χ0v) is 35.4. The second kappa shape index (κ2) is 19.8. The third kappa shape index (κ3) is 11.9. The number of fused-ring (bicyclic) bond motifs is 5. The van der Waals surface area contributed by atoms with Crippen molar-refractivity contribution in [3.05, 3.63) is 54.1 Å². The monoisotopic (exact) mass is 775 g/mol. The second-order valence-corrected chi connectivity index (χ2v) is 17.1. The Morgan fingerprint density at radius 3 is 2.29 bits per heavy atom. The Balaban J connectivity index is 1.32. The lowest BCUT2D eigenvalue weighted by Gasteiger charge is -2.30. The average Bonchev–Trinajstić information content (AvgIpc) is 3.58. The third-order valence-electron chi connectivity index (χ3n) is 11.1. The smallest absolute Gasteiger partial charge is 0.227 e. The standard InChI is InChI=1S/C44H66N6O6/c1-11-30(4)31(5)26-32(6)46-42(54)43(7,8)23-25-56-44(9,10)22-24-45-37(51)20-21-38(52)49-27-33-16-12-13-17-34(33)41-40(35-18-14-15-19-36(35)49)47-48-50(41)39(53)28-55-29(2)3/h12-19,29-32,39,53H,11,20-28H2,1-10H3,(H,45,51)(H,46,54). The molecule has 0 radical (unpaired) electrons. The molecule has 4 atom stereocenters. The molecule has 0 aliphatic carbocycles. The maximum absolute atomic E-state index is 13.9. The Bertz CT molecular complexity index is 1770. The lowest BCUT2D eigenvalue weighted by molar-refractivity contribution is -0.132. The molecule has 3 N–H and O–H groups in total. The topological polar surface area (TPSA) is 148 Å². The van der Waals surface area contributed by atoms with E-state index in [0.717, 1.165) is 24.0 Å². The molecule has 3 amide bonds. The first-order chi connectivity index (χ1) is 26.4. The van der Waals surface area contributed by atoms with E-state index in [9.17, 15) is 19.5 Å². The predicted octanol–water partition coefficient (Wildman–Crippen LogP) is 7.45. The van der Waals surface area contributed by atoms with Crippen LogP contribution in [-0.2, 0) is 30.4 Å². The number of aliphatic hydroxyl groups excluding tert-OH is 1. The zero-order chi connectivity index (χ0) is 41.2. The van der Waals surface area contributed by atoms with Gasteiger partial charge in [-0.25, -0.2) is 4.68 Å². The second-order valence-electron chi connectivity index (χ2n) is 17.1. The Kier molecular flexibility index (Phi) is 15.8. The van der Waals surface area contributed by atoms with Crippen LogP contribution in [0, 0.1) is 17.3 Å². The molecule has 0 bridgehead atoms. The summed E-state index contributed by atoms with van der Waals surface area (Å²) in [5.74, 6) is 0.786. The number of ether oxygens (including phenoxy) is 2. The van der Waals surface area contributed by atoms with Gasteiger partial charge >= 0.3 is 0 Å². The highest BCUT2D eigenvalue weighted by Crippen LogP contribution is 2.42. The normalized spacial score (nSPS) is 15.1. The molecule has 1 aliphatic heterocycles. The number of aliphatic hydroxyl groups is 1. The first-order valence-electron chi connectivity index (χ1n) is 20.4. The minimum Gasteiger partial charge on any atom is -0.375 e. The van der Waals surface area contributed by atoms with Crippen molar-refractivity contribution in [3.8, 4) is 22.5 Å². The number of aromatic nitrogens is 3. The molecule has 0 fully saturated rings. The number of hydrogen-bond acceptors (Lipinski definition) is 8. The number of carbonyl (C=O) groups excluding carboxylic acids is 3. The first-order valence-corrected chi connectivity index (χ1v) is 20.4. The van der Waals surface area contributed by atoms with Crippen molar-refractivity contribution < 1.29 is 29.0 Å². The molecule has 12 heteroatoms. The van der Waals surface area contributed by atoms with Crippen LogP contribution in [0.3, 0.4) is 0 Å². The van der Waals surface area contributed by atoms with Gasteiger partial charge in [0.2, 0.25) is 17.7 Å². The van der Waals surface area contributed by atoms with Gasteiger partial charge in [-0.2, -0.15) is 0 Å². The van der Waals surface area contributed by atoms with Crippen LogP contribution in [0.1, 0.15) is 120 Å². The van der Waals surface area contributed by atoms with Gasteiger partial charge in [-0.15, -0.1) is 5.10 Å². The van der Waals surface area contributed by atoms with E-state index in [2.05, 4.69) is 48.6 Å². The lowest BCUT2D eigenvalue weighted by atomic mass is 9.86. The van der Waals surface area contributed by atoms with Gasteiger partial charge < -0.3 is 30.1 Å². The van der Waals surface area contributed by atoms with Crippen molar-refractivity contribution >= 4 is 23.4 Å². The molecule has 0 spiro atoms. The highest BCUT2D eigenvalue weighted by atomic mass is 16.5. The maximum Gasteiger partial charge on any atom is 0.227 e. The molecule has 2 heterocycles. The van der Waals surface area contributed by atoms with E-state index in [1.807, 2.05) is 90.1 Å². The molecule has 1 aromatic heterocycles. The third-order valence-corrected chi connectivity index (χ3v) is 11.1. The fourth-order valence-electron chi connectivity index (χ4n) is 6.95. The van der Waals surface area contributed by atoms with Crippen molar-refractivity contribution in [2.75, 3.05) is 24.7 Å². The van der Waals surface area contributed by atoms with Gasteiger partial charge in [0.25, 0.3) is 0 Å². The summed E-state index contributed by atoms with van der Waals surface area (Å²) < 4.78 is 13.4. The van der Waals surface area contributed by atoms with Gasteiger partial charge in [0.05, 0.1) is 30.5 Å². The molecule has 4 unspecified atom stereocenters. The summed E-state index contributed by atoms with van der Waals surface area (Å²) in [5.41, 5.74) is 3.10.